The predicted molar refractivity (Wildman–Crippen MR) is 79.3 cm³/mol. The Morgan fingerprint density at radius 3 is 2.95 bits per heavy atom. The van der Waals surface area contributed by atoms with Crippen molar-refractivity contribution in [3.63, 3.8) is 0 Å². The van der Waals surface area contributed by atoms with Crippen LogP contribution in [-0.4, -0.2) is 40.9 Å². The maximum atomic E-state index is 12.6. The van der Waals surface area contributed by atoms with E-state index < -0.39 is 0 Å². The van der Waals surface area contributed by atoms with Gasteiger partial charge in [-0.15, -0.1) is 0 Å². The van der Waals surface area contributed by atoms with Crippen LogP contribution in [0.3, 0.4) is 0 Å². The van der Waals surface area contributed by atoms with Gasteiger partial charge in [-0.2, -0.15) is 11.8 Å². The van der Waals surface area contributed by atoms with Crippen LogP contribution in [0.25, 0.3) is 0 Å². The molecule has 2 aliphatic heterocycles. The van der Waals surface area contributed by atoms with Gasteiger partial charge < -0.3 is 10.2 Å². The molecule has 1 fully saturated rings. The molecular formula is C15H20N2OS. The van der Waals surface area contributed by atoms with Crippen LogP contribution in [-0.2, 0) is 17.8 Å². The lowest BCUT2D eigenvalue weighted by Gasteiger charge is -2.35. The second kappa shape index (κ2) is 5.55. The molecule has 0 bridgehead atoms. The van der Waals surface area contributed by atoms with E-state index in [9.17, 15) is 4.79 Å². The molecule has 1 aromatic rings. The van der Waals surface area contributed by atoms with Gasteiger partial charge in [-0.25, -0.2) is 0 Å². The summed E-state index contributed by atoms with van der Waals surface area (Å²) in [6.07, 6.45) is 0.826. The Kier molecular flexibility index (Phi) is 3.80. The molecule has 1 aromatic carbocycles. The molecular weight excluding hydrogens is 256 g/mol. The Hall–Kier alpha value is -1.00. The summed E-state index contributed by atoms with van der Waals surface area (Å²) in [5.74, 6) is 1.34. The zero-order valence-electron chi connectivity index (χ0n) is 11.3. The highest BCUT2D eigenvalue weighted by molar-refractivity contribution is 7.99. The van der Waals surface area contributed by atoms with Crippen molar-refractivity contribution in [1.29, 1.82) is 0 Å². The maximum absolute atomic E-state index is 12.6. The number of thioether (sulfide) groups is 1. The Morgan fingerprint density at radius 1 is 1.37 bits per heavy atom. The molecule has 1 amide bonds. The smallest absolute Gasteiger partial charge is 0.240 e. The van der Waals surface area contributed by atoms with Crippen LogP contribution in [0.2, 0.25) is 0 Å². The van der Waals surface area contributed by atoms with Crippen LogP contribution in [0.1, 0.15) is 18.1 Å². The number of amides is 1. The number of hydrogen-bond donors (Lipinski definition) is 1. The van der Waals surface area contributed by atoms with Crippen molar-refractivity contribution >= 4 is 17.7 Å². The number of carbonyl (C=O) groups is 1. The van der Waals surface area contributed by atoms with E-state index in [1.165, 1.54) is 11.1 Å². The minimum Gasteiger partial charge on any atom is -0.339 e. The summed E-state index contributed by atoms with van der Waals surface area (Å²) in [7, 11) is 0. The molecule has 0 saturated carbocycles. The van der Waals surface area contributed by atoms with Gasteiger partial charge in [-0.3, -0.25) is 4.79 Å². The van der Waals surface area contributed by atoms with Crippen molar-refractivity contribution in [3.8, 4) is 0 Å². The fourth-order valence-corrected chi connectivity index (χ4v) is 3.88. The molecule has 19 heavy (non-hydrogen) atoms. The third kappa shape index (κ3) is 2.79. The highest BCUT2D eigenvalue weighted by Crippen LogP contribution is 2.21. The number of nitrogens with zero attached hydrogens (tertiary/aromatic N) is 1. The van der Waals surface area contributed by atoms with Gasteiger partial charge in [0.15, 0.2) is 0 Å². The van der Waals surface area contributed by atoms with Gasteiger partial charge >= 0.3 is 0 Å². The van der Waals surface area contributed by atoms with Crippen LogP contribution in [0.4, 0.5) is 0 Å². The van der Waals surface area contributed by atoms with E-state index in [0.717, 1.165) is 31.8 Å². The first-order chi connectivity index (χ1) is 9.24. The van der Waals surface area contributed by atoms with Crippen molar-refractivity contribution in [3.05, 3.63) is 35.4 Å². The monoisotopic (exact) mass is 276 g/mol. The molecule has 2 aliphatic rings. The maximum Gasteiger partial charge on any atom is 0.240 e. The zero-order chi connectivity index (χ0) is 13.2. The fraction of sp³-hybridized carbons (Fsp3) is 0.533. The minimum absolute atomic E-state index is 0.0369. The van der Waals surface area contributed by atoms with Crippen molar-refractivity contribution in [2.24, 2.45) is 0 Å². The molecule has 2 atom stereocenters. The summed E-state index contributed by atoms with van der Waals surface area (Å²) >= 11 is 1.96. The summed E-state index contributed by atoms with van der Waals surface area (Å²) in [5.41, 5.74) is 2.65. The van der Waals surface area contributed by atoms with Gasteiger partial charge in [0.25, 0.3) is 0 Å². The number of carbonyl (C=O) groups excluding carboxylic acids is 1. The van der Waals surface area contributed by atoms with E-state index >= 15 is 0 Å². The molecule has 1 N–H and O–H groups in total. The molecule has 0 aliphatic carbocycles. The molecule has 1 saturated heterocycles. The molecule has 3 nitrogen and oxygen atoms in total. The molecule has 4 heteroatoms. The molecule has 2 heterocycles. The molecule has 0 spiro atoms. The standard InChI is InChI=1S/C15H20N2OS/c1-11-10-17(6-7-19-11)15(18)14-8-12-4-2-3-5-13(12)9-16-14/h2-5,11,14,16H,6-10H2,1H3/t11?,14-/m1/s1. The van der Waals surface area contributed by atoms with Crippen LogP contribution in [0.15, 0.2) is 24.3 Å². The molecule has 102 valence electrons. The predicted octanol–water partition coefficient (Wildman–Crippen LogP) is 1.66. The second-order valence-corrected chi connectivity index (χ2v) is 6.92. The molecule has 0 radical (unpaired) electrons. The first kappa shape index (κ1) is 13.0. The first-order valence-corrected chi connectivity index (χ1v) is 7.99. The zero-order valence-corrected chi connectivity index (χ0v) is 12.1. The number of benzene rings is 1. The summed E-state index contributed by atoms with van der Waals surface area (Å²) in [5, 5.41) is 3.95. The lowest BCUT2D eigenvalue weighted by Crippen LogP contribution is -2.52. The average molecular weight is 276 g/mol. The SMILES string of the molecule is CC1CN(C(=O)[C@H]2Cc3ccccc3CN2)CCS1. The van der Waals surface area contributed by atoms with E-state index in [0.29, 0.717) is 5.25 Å². The Labute approximate surface area is 118 Å². The lowest BCUT2D eigenvalue weighted by molar-refractivity contribution is -0.133. The van der Waals surface area contributed by atoms with E-state index in [-0.39, 0.29) is 11.9 Å². The highest BCUT2D eigenvalue weighted by Gasteiger charge is 2.30. The Morgan fingerprint density at radius 2 is 2.16 bits per heavy atom. The Bertz CT molecular complexity index is 477. The first-order valence-electron chi connectivity index (χ1n) is 6.94. The second-order valence-electron chi connectivity index (χ2n) is 5.37. The third-order valence-electron chi connectivity index (χ3n) is 3.93. The van der Waals surface area contributed by atoms with Gasteiger partial charge in [0.2, 0.25) is 5.91 Å². The summed E-state index contributed by atoms with van der Waals surface area (Å²) in [6, 6.07) is 8.37. The van der Waals surface area contributed by atoms with E-state index in [2.05, 4.69) is 36.5 Å². The summed E-state index contributed by atoms with van der Waals surface area (Å²) in [4.78, 5) is 14.6. The van der Waals surface area contributed by atoms with Crippen molar-refractivity contribution in [2.75, 3.05) is 18.8 Å². The van der Waals surface area contributed by atoms with Gasteiger partial charge in [-0.1, -0.05) is 31.2 Å². The number of rotatable bonds is 1. The topological polar surface area (TPSA) is 32.3 Å². The summed E-state index contributed by atoms with van der Waals surface area (Å²) in [6.45, 7) is 4.80. The van der Waals surface area contributed by atoms with E-state index in [1.54, 1.807) is 0 Å². The molecule has 1 unspecified atom stereocenters. The van der Waals surface area contributed by atoms with Gasteiger partial charge in [0, 0.05) is 30.6 Å². The van der Waals surface area contributed by atoms with Crippen LogP contribution >= 0.6 is 11.8 Å². The van der Waals surface area contributed by atoms with Gasteiger partial charge in [0.05, 0.1) is 6.04 Å². The summed E-state index contributed by atoms with van der Waals surface area (Å²) < 4.78 is 0. The van der Waals surface area contributed by atoms with E-state index in [1.807, 2.05) is 16.7 Å². The largest absolute Gasteiger partial charge is 0.339 e. The third-order valence-corrected chi connectivity index (χ3v) is 5.07. The number of nitrogens with one attached hydrogen (secondary N) is 1. The molecule has 0 aromatic heterocycles. The lowest BCUT2D eigenvalue weighted by atomic mass is 9.95. The van der Waals surface area contributed by atoms with Gasteiger partial charge in [-0.05, 0) is 17.5 Å². The van der Waals surface area contributed by atoms with Crippen LogP contribution in [0.5, 0.6) is 0 Å². The van der Waals surface area contributed by atoms with E-state index in [4.69, 9.17) is 0 Å². The van der Waals surface area contributed by atoms with Crippen molar-refractivity contribution in [1.82, 2.24) is 10.2 Å². The van der Waals surface area contributed by atoms with Crippen LogP contribution < -0.4 is 5.32 Å². The Balaban J connectivity index is 1.69. The number of hydrogen-bond acceptors (Lipinski definition) is 3. The highest BCUT2D eigenvalue weighted by atomic mass is 32.2. The number of fused-ring (bicyclic) bond motifs is 1. The quantitative estimate of drug-likeness (QED) is 0.847. The average Bonchev–Trinajstić information content (AvgIpc) is 2.46. The molecule has 3 rings (SSSR count). The van der Waals surface area contributed by atoms with Crippen molar-refractivity contribution in [2.45, 2.75) is 31.2 Å². The normalized spacial score (nSPS) is 26.9. The van der Waals surface area contributed by atoms with Crippen LogP contribution in [0, 0.1) is 0 Å². The van der Waals surface area contributed by atoms with Gasteiger partial charge in [0.1, 0.15) is 0 Å². The fourth-order valence-electron chi connectivity index (χ4n) is 2.87. The minimum atomic E-state index is -0.0369. The van der Waals surface area contributed by atoms with Crippen molar-refractivity contribution < 1.29 is 4.79 Å².